The number of amides is 1. The van der Waals surface area contributed by atoms with E-state index < -0.39 is 21.4 Å². The molecule has 1 aliphatic rings. The van der Waals surface area contributed by atoms with Gasteiger partial charge in [-0.05, 0) is 43.7 Å². The third-order valence-corrected chi connectivity index (χ3v) is 6.68. The van der Waals surface area contributed by atoms with Gasteiger partial charge in [0.05, 0.1) is 23.8 Å². The van der Waals surface area contributed by atoms with Gasteiger partial charge in [-0.3, -0.25) is 14.3 Å². The first-order chi connectivity index (χ1) is 14.8. The number of aromatic nitrogens is 1. The lowest BCUT2D eigenvalue weighted by Crippen LogP contribution is -2.42. The number of fused-ring (bicyclic) bond motifs is 1. The fourth-order valence-electron chi connectivity index (χ4n) is 3.59. The van der Waals surface area contributed by atoms with Crippen LogP contribution in [0.1, 0.15) is 21.5 Å². The summed E-state index contributed by atoms with van der Waals surface area (Å²) in [7, 11) is -3.93. The van der Waals surface area contributed by atoms with Crippen molar-refractivity contribution in [2.24, 2.45) is 0 Å². The zero-order valence-corrected chi connectivity index (χ0v) is 18.1. The highest BCUT2D eigenvalue weighted by Crippen LogP contribution is 2.22. The largest absolute Gasteiger partial charge is 0.378 e. The molecule has 1 saturated heterocycles. The minimum absolute atomic E-state index is 0.0220. The van der Waals surface area contributed by atoms with Crippen molar-refractivity contribution in [1.82, 2.24) is 9.88 Å². The average molecular weight is 442 g/mol. The lowest BCUT2D eigenvalue weighted by Gasteiger charge is -2.26. The molecular weight excluding hydrogens is 418 g/mol. The number of hydrogen-bond donors (Lipinski definition) is 2. The van der Waals surface area contributed by atoms with Gasteiger partial charge in [0.25, 0.3) is 15.9 Å². The molecule has 1 amide bonds. The second-order valence-corrected chi connectivity index (χ2v) is 9.25. The SMILES string of the molecule is Cc1ccc(NS(=O)(=O)c2ccc3[nH]cc(C(=O)N4CCOCC4)c(=O)c3c2)c(C)c1. The van der Waals surface area contributed by atoms with E-state index in [0.717, 1.165) is 11.1 Å². The number of H-pyrrole nitrogens is 1. The lowest BCUT2D eigenvalue weighted by molar-refractivity contribution is 0.0302. The van der Waals surface area contributed by atoms with Crippen LogP contribution in [0.15, 0.2) is 52.3 Å². The van der Waals surface area contributed by atoms with Crippen LogP contribution < -0.4 is 10.2 Å². The minimum Gasteiger partial charge on any atom is -0.378 e. The van der Waals surface area contributed by atoms with Crippen LogP contribution in [0.4, 0.5) is 5.69 Å². The summed E-state index contributed by atoms with van der Waals surface area (Å²) in [6, 6.07) is 9.65. The van der Waals surface area contributed by atoms with Gasteiger partial charge < -0.3 is 14.6 Å². The van der Waals surface area contributed by atoms with E-state index in [1.165, 1.54) is 24.4 Å². The topological polar surface area (TPSA) is 109 Å². The molecule has 0 spiro atoms. The van der Waals surface area contributed by atoms with Crippen LogP contribution in [0, 0.1) is 13.8 Å². The monoisotopic (exact) mass is 441 g/mol. The number of benzene rings is 2. The van der Waals surface area contributed by atoms with E-state index >= 15 is 0 Å². The molecular formula is C22H23N3O5S. The molecule has 1 aromatic heterocycles. The van der Waals surface area contributed by atoms with Gasteiger partial charge >= 0.3 is 0 Å². The van der Waals surface area contributed by atoms with Crippen LogP contribution in [0.5, 0.6) is 0 Å². The van der Waals surface area contributed by atoms with Crippen LogP contribution in [0.25, 0.3) is 10.9 Å². The number of carbonyl (C=O) groups excluding carboxylic acids is 1. The predicted octanol–water partition coefficient (Wildman–Crippen LogP) is 2.42. The van der Waals surface area contributed by atoms with Crippen molar-refractivity contribution in [2.45, 2.75) is 18.7 Å². The first kappa shape index (κ1) is 21.1. The van der Waals surface area contributed by atoms with Gasteiger partial charge in [0.1, 0.15) is 5.56 Å². The number of pyridine rings is 1. The van der Waals surface area contributed by atoms with E-state index in [4.69, 9.17) is 4.74 Å². The molecule has 8 nitrogen and oxygen atoms in total. The van der Waals surface area contributed by atoms with Crippen LogP contribution in [0.3, 0.4) is 0 Å². The van der Waals surface area contributed by atoms with E-state index in [0.29, 0.717) is 37.5 Å². The van der Waals surface area contributed by atoms with Gasteiger partial charge in [-0.15, -0.1) is 0 Å². The molecule has 0 radical (unpaired) electrons. The zero-order valence-electron chi connectivity index (χ0n) is 17.3. The maximum atomic E-state index is 13.0. The molecule has 162 valence electrons. The number of hydrogen-bond acceptors (Lipinski definition) is 5. The maximum absolute atomic E-state index is 13.0. The Hall–Kier alpha value is -3.17. The molecule has 2 aromatic carbocycles. The number of rotatable bonds is 4. The maximum Gasteiger partial charge on any atom is 0.261 e. The summed E-state index contributed by atoms with van der Waals surface area (Å²) in [5.41, 5.74) is 2.21. The van der Waals surface area contributed by atoms with Crippen molar-refractivity contribution in [2.75, 3.05) is 31.0 Å². The quantitative estimate of drug-likeness (QED) is 0.646. The predicted molar refractivity (Wildman–Crippen MR) is 118 cm³/mol. The fourth-order valence-corrected chi connectivity index (χ4v) is 4.75. The normalized spacial score (nSPS) is 14.6. The Morgan fingerprint density at radius 1 is 1.10 bits per heavy atom. The molecule has 2 heterocycles. The molecule has 9 heteroatoms. The molecule has 31 heavy (non-hydrogen) atoms. The molecule has 3 aromatic rings. The molecule has 2 N–H and O–H groups in total. The third-order valence-electron chi connectivity index (χ3n) is 5.32. The van der Waals surface area contributed by atoms with Crippen LogP contribution >= 0.6 is 0 Å². The Bertz CT molecular complexity index is 1320. The van der Waals surface area contributed by atoms with Crippen LogP contribution in [-0.2, 0) is 14.8 Å². The molecule has 1 aliphatic heterocycles. The zero-order chi connectivity index (χ0) is 22.2. The number of nitrogens with one attached hydrogen (secondary N) is 2. The summed E-state index contributed by atoms with van der Waals surface area (Å²) in [4.78, 5) is 30.2. The molecule has 4 rings (SSSR count). The van der Waals surface area contributed by atoms with E-state index in [1.807, 2.05) is 26.0 Å². The van der Waals surface area contributed by atoms with E-state index in [9.17, 15) is 18.0 Å². The van der Waals surface area contributed by atoms with Crippen LogP contribution in [-0.4, -0.2) is 50.5 Å². The van der Waals surface area contributed by atoms with Gasteiger partial charge in [-0.2, -0.15) is 0 Å². The number of nitrogens with zero attached hydrogens (tertiary/aromatic N) is 1. The Morgan fingerprint density at radius 3 is 2.55 bits per heavy atom. The number of carbonyl (C=O) groups is 1. The van der Waals surface area contributed by atoms with E-state index in [2.05, 4.69) is 9.71 Å². The van der Waals surface area contributed by atoms with Gasteiger partial charge in [0, 0.05) is 30.2 Å². The Kier molecular flexibility index (Phi) is 5.55. The number of aromatic amines is 1. The molecule has 0 atom stereocenters. The minimum atomic E-state index is -3.93. The molecule has 0 bridgehead atoms. The van der Waals surface area contributed by atoms with Crippen molar-refractivity contribution in [3.8, 4) is 0 Å². The Labute approximate surface area is 179 Å². The summed E-state index contributed by atoms with van der Waals surface area (Å²) in [5, 5.41) is 0.141. The second kappa shape index (κ2) is 8.16. The molecule has 1 fully saturated rings. The number of sulfonamides is 1. The van der Waals surface area contributed by atoms with Crippen molar-refractivity contribution in [3.05, 3.63) is 69.5 Å². The molecule has 0 aliphatic carbocycles. The third kappa shape index (κ3) is 4.19. The van der Waals surface area contributed by atoms with E-state index in [-0.39, 0.29) is 15.8 Å². The Morgan fingerprint density at radius 2 is 1.84 bits per heavy atom. The van der Waals surface area contributed by atoms with Crippen molar-refractivity contribution in [1.29, 1.82) is 0 Å². The lowest BCUT2D eigenvalue weighted by atomic mass is 10.1. The molecule has 0 unspecified atom stereocenters. The Balaban J connectivity index is 1.71. The number of anilines is 1. The highest BCUT2D eigenvalue weighted by Gasteiger charge is 2.23. The summed E-state index contributed by atoms with van der Waals surface area (Å²) in [5.74, 6) is -0.395. The van der Waals surface area contributed by atoms with Gasteiger partial charge in [-0.1, -0.05) is 17.7 Å². The standard InChI is InChI=1S/C22H23N3O5S/c1-14-3-5-19(15(2)11-14)24-31(28,29)16-4-6-20-17(12-16)21(26)18(13-23-20)22(27)25-7-9-30-10-8-25/h3-6,11-13,24H,7-10H2,1-2H3,(H,23,26). The first-order valence-electron chi connectivity index (χ1n) is 9.89. The number of aryl methyl sites for hydroxylation is 2. The molecule has 0 saturated carbocycles. The summed E-state index contributed by atoms with van der Waals surface area (Å²) in [6.45, 7) is 5.40. The average Bonchev–Trinajstić information content (AvgIpc) is 2.76. The van der Waals surface area contributed by atoms with Gasteiger partial charge in [0.15, 0.2) is 0 Å². The second-order valence-electron chi connectivity index (χ2n) is 7.57. The first-order valence-corrected chi connectivity index (χ1v) is 11.4. The van der Waals surface area contributed by atoms with E-state index in [1.54, 1.807) is 11.0 Å². The van der Waals surface area contributed by atoms with Crippen molar-refractivity contribution < 1.29 is 17.9 Å². The summed E-state index contributed by atoms with van der Waals surface area (Å²) >= 11 is 0. The number of ether oxygens (including phenoxy) is 1. The highest BCUT2D eigenvalue weighted by atomic mass is 32.2. The fraction of sp³-hybridized carbons (Fsp3) is 0.273. The summed E-state index contributed by atoms with van der Waals surface area (Å²) in [6.07, 6.45) is 1.38. The van der Waals surface area contributed by atoms with Crippen molar-refractivity contribution in [3.63, 3.8) is 0 Å². The van der Waals surface area contributed by atoms with Crippen LogP contribution in [0.2, 0.25) is 0 Å². The van der Waals surface area contributed by atoms with Crippen molar-refractivity contribution >= 4 is 32.5 Å². The van der Waals surface area contributed by atoms with Gasteiger partial charge in [-0.25, -0.2) is 8.42 Å². The van der Waals surface area contributed by atoms with Gasteiger partial charge in [0.2, 0.25) is 5.43 Å². The number of morpholine rings is 1. The summed E-state index contributed by atoms with van der Waals surface area (Å²) < 4.78 is 33.7. The highest BCUT2D eigenvalue weighted by molar-refractivity contribution is 7.92. The smallest absolute Gasteiger partial charge is 0.261 e.